The van der Waals surface area contributed by atoms with E-state index in [4.69, 9.17) is 15.2 Å². The Hall–Kier alpha value is -3.37. The smallest absolute Gasteiger partial charge is 0.261 e. The Morgan fingerprint density at radius 2 is 2.07 bits per heavy atom. The number of nitrogens with two attached hydrogens (primary N) is 1. The fraction of sp³-hybridized carbons (Fsp3) is 0.348. The summed E-state index contributed by atoms with van der Waals surface area (Å²) >= 11 is 0. The van der Waals surface area contributed by atoms with Gasteiger partial charge in [-0.1, -0.05) is 18.2 Å². The Bertz CT molecular complexity index is 1110. The summed E-state index contributed by atoms with van der Waals surface area (Å²) < 4.78 is 12.2. The van der Waals surface area contributed by atoms with E-state index in [1.807, 2.05) is 36.4 Å². The first kappa shape index (κ1) is 18.6. The third kappa shape index (κ3) is 2.68. The van der Waals surface area contributed by atoms with Gasteiger partial charge in [0.25, 0.3) is 5.91 Å². The minimum atomic E-state index is -1.13. The number of likely N-dealkylation sites (N-methyl/N-ethyl adjacent to an activating group) is 1. The first-order valence-corrected chi connectivity index (χ1v) is 10.0. The molecule has 3 heterocycles. The maximum atomic E-state index is 13.4. The van der Waals surface area contributed by atoms with Crippen LogP contribution in [-0.4, -0.2) is 42.6 Å². The number of aliphatic imine (C=N–C) groups is 1. The number of rotatable bonds is 1. The van der Waals surface area contributed by atoms with Crippen LogP contribution in [0, 0.1) is 11.3 Å². The van der Waals surface area contributed by atoms with Crippen molar-refractivity contribution in [3.8, 4) is 22.9 Å². The van der Waals surface area contributed by atoms with Gasteiger partial charge >= 0.3 is 0 Å². The van der Waals surface area contributed by atoms with Gasteiger partial charge in [0.2, 0.25) is 0 Å². The Kier molecular flexibility index (Phi) is 4.09. The number of carbonyl (C=O) groups excluding carboxylic acids is 1. The van der Waals surface area contributed by atoms with Gasteiger partial charge in [0, 0.05) is 25.6 Å². The molecule has 5 rings (SSSR count). The highest BCUT2D eigenvalue weighted by atomic mass is 16.5. The van der Waals surface area contributed by atoms with Crippen molar-refractivity contribution in [3.63, 3.8) is 0 Å². The molecule has 1 fully saturated rings. The van der Waals surface area contributed by atoms with Gasteiger partial charge < -0.3 is 15.2 Å². The highest BCUT2D eigenvalue weighted by Gasteiger charge is 2.58. The summed E-state index contributed by atoms with van der Waals surface area (Å²) in [5.74, 6) is 0.682. The molecular weight excluding hydrogens is 380 g/mol. The van der Waals surface area contributed by atoms with Gasteiger partial charge in [0.1, 0.15) is 11.4 Å². The van der Waals surface area contributed by atoms with E-state index < -0.39 is 11.1 Å². The van der Waals surface area contributed by atoms with E-state index in [9.17, 15) is 10.1 Å². The quantitative estimate of drug-likeness (QED) is 0.790. The summed E-state index contributed by atoms with van der Waals surface area (Å²) in [6.07, 6.45) is 2.05. The number of guanidine groups is 1. The van der Waals surface area contributed by atoms with E-state index in [0.29, 0.717) is 36.5 Å². The van der Waals surface area contributed by atoms with Gasteiger partial charge in [-0.3, -0.25) is 9.69 Å². The zero-order chi connectivity index (χ0) is 20.9. The fourth-order valence-electron chi connectivity index (χ4n) is 4.76. The van der Waals surface area contributed by atoms with Crippen LogP contribution in [0.2, 0.25) is 0 Å². The molecule has 1 amide bonds. The third-order valence-corrected chi connectivity index (χ3v) is 6.25. The summed E-state index contributed by atoms with van der Waals surface area (Å²) in [5.41, 5.74) is 7.42. The molecule has 0 aromatic heterocycles. The summed E-state index contributed by atoms with van der Waals surface area (Å²) in [4.78, 5) is 19.5. The van der Waals surface area contributed by atoms with Crippen molar-refractivity contribution in [1.29, 1.82) is 5.26 Å². The van der Waals surface area contributed by atoms with Crippen molar-refractivity contribution in [2.24, 2.45) is 10.7 Å². The topological polar surface area (TPSA) is 101 Å². The van der Waals surface area contributed by atoms with Crippen LogP contribution in [0.25, 0.3) is 11.1 Å². The number of hydrogen-bond donors (Lipinski definition) is 1. The normalized spacial score (nSPS) is 27.5. The van der Waals surface area contributed by atoms with Crippen LogP contribution >= 0.6 is 0 Å². The predicted molar refractivity (Wildman–Crippen MR) is 111 cm³/mol. The lowest BCUT2D eigenvalue weighted by Gasteiger charge is -2.46. The number of benzene rings is 2. The Labute approximate surface area is 174 Å². The molecular formula is C23H22N4O3. The minimum absolute atomic E-state index is 0.155. The van der Waals surface area contributed by atoms with E-state index in [1.54, 1.807) is 13.1 Å². The van der Waals surface area contributed by atoms with Crippen molar-refractivity contribution in [3.05, 3.63) is 53.6 Å². The molecule has 0 aliphatic carbocycles. The second-order valence-electron chi connectivity index (χ2n) is 8.22. The molecule has 1 saturated heterocycles. The van der Waals surface area contributed by atoms with Crippen molar-refractivity contribution >= 4 is 11.9 Å². The largest absolute Gasteiger partial charge is 0.484 e. The highest BCUT2D eigenvalue weighted by Crippen LogP contribution is 2.51. The Morgan fingerprint density at radius 1 is 1.23 bits per heavy atom. The van der Waals surface area contributed by atoms with Gasteiger partial charge in [-0.15, -0.1) is 0 Å². The van der Waals surface area contributed by atoms with Gasteiger partial charge in [0.05, 0.1) is 18.2 Å². The molecule has 0 radical (unpaired) electrons. The van der Waals surface area contributed by atoms with E-state index >= 15 is 0 Å². The number of carbonyl (C=O) groups is 1. The number of ether oxygens (including phenoxy) is 2. The summed E-state index contributed by atoms with van der Waals surface area (Å²) in [6, 6.07) is 15.3. The second-order valence-corrected chi connectivity index (χ2v) is 8.22. The standard InChI is InChI=1S/C23H22N4O3/c1-27-20(28)23(26-21(27)25)13-22(8-3-9-29-14-22)30-19-7-6-17(11-18(19)23)16-5-2-4-15(10-16)12-24/h2,4-7,10-11H,3,8-9,13-14H2,1H3,(H2,25,26)/t22-,23-/m0/s1. The lowest BCUT2D eigenvalue weighted by Crippen LogP contribution is -2.55. The van der Waals surface area contributed by atoms with Crippen LogP contribution in [0.4, 0.5) is 0 Å². The molecule has 0 bridgehead atoms. The number of amides is 1. The molecule has 2 N–H and O–H groups in total. The van der Waals surface area contributed by atoms with Crippen LogP contribution in [-0.2, 0) is 15.1 Å². The van der Waals surface area contributed by atoms with E-state index in [-0.39, 0.29) is 11.9 Å². The van der Waals surface area contributed by atoms with Crippen molar-refractivity contribution < 1.29 is 14.3 Å². The number of hydrogen-bond acceptors (Lipinski definition) is 6. The number of nitriles is 1. The lowest BCUT2D eigenvalue weighted by molar-refractivity contribution is -0.139. The van der Waals surface area contributed by atoms with Gasteiger partial charge in [-0.25, -0.2) is 4.99 Å². The molecule has 7 heteroatoms. The first-order chi connectivity index (χ1) is 14.5. The molecule has 3 aliphatic rings. The monoisotopic (exact) mass is 402 g/mol. The second kappa shape index (κ2) is 6.57. The van der Waals surface area contributed by atoms with Gasteiger partial charge in [-0.05, 0) is 48.2 Å². The van der Waals surface area contributed by atoms with Crippen LogP contribution in [0.1, 0.15) is 30.4 Å². The molecule has 3 aliphatic heterocycles. The molecule has 152 valence electrons. The van der Waals surface area contributed by atoms with Crippen molar-refractivity contribution in [2.75, 3.05) is 20.3 Å². The molecule has 2 atom stereocenters. The van der Waals surface area contributed by atoms with Crippen molar-refractivity contribution in [2.45, 2.75) is 30.4 Å². The zero-order valence-electron chi connectivity index (χ0n) is 16.7. The van der Waals surface area contributed by atoms with Gasteiger partial charge in [0.15, 0.2) is 11.5 Å². The summed E-state index contributed by atoms with van der Waals surface area (Å²) in [7, 11) is 1.65. The minimum Gasteiger partial charge on any atom is -0.484 e. The molecule has 30 heavy (non-hydrogen) atoms. The Morgan fingerprint density at radius 3 is 2.77 bits per heavy atom. The average Bonchev–Trinajstić information content (AvgIpc) is 2.98. The predicted octanol–water partition coefficient (Wildman–Crippen LogP) is 2.54. The van der Waals surface area contributed by atoms with Gasteiger partial charge in [-0.2, -0.15) is 5.26 Å². The average molecular weight is 402 g/mol. The third-order valence-electron chi connectivity index (χ3n) is 6.25. The van der Waals surface area contributed by atoms with Crippen LogP contribution in [0.15, 0.2) is 47.5 Å². The van der Waals surface area contributed by atoms with Crippen LogP contribution < -0.4 is 10.5 Å². The maximum absolute atomic E-state index is 13.4. The molecule has 2 aromatic carbocycles. The van der Waals surface area contributed by atoms with E-state index in [1.165, 1.54) is 4.90 Å². The van der Waals surface area contributed by atoms with E-state index in [0.717, 1.165) is 24.0 Å². The Balaban J connectivity index is 1.68. The van der Waals surface area contributed by atoms with Crippen LogP contribution in [0.3, 0.4) is 0 Å². The van der Waals surface area contributed by atoms with Crippen molar-refractivity contribution in [1.82, 2.24) is 4.90 Å². The molecule has 0 saturated carbocycles. The molecule has 2 spiro atoms. The lowest BCUT2D eigenvalue weighted by atomic mass is 9.74. The highest BCUT2D eigenvalue weighted by molar-refractivity contribution is 6.07. The first-order valence-electron chi connectivity index (χ1n) is 10.0. The molecule has 0 unspecified atom stereocenters. The number of nitrogens with zero attached hydrogens (tertiary/aromatic N) is 3. The molecule has 2 aromatic rings. The maximum Gasteiger partial charge on any atom is 0.261 e. The fourth-order valence-corrected chi connectivity index (χ4v) is 4.76. The number of fused-ring (bicyclic) bond motifs is 2. The van der Waals surface area contributed by atoms with E-state index in [2.05, 4.69) is 11.1 Å². The SMILES string of the molecule is CN1C(=O)[C@@]2(C[C@]3(CCCOC3)Oc3ccc(-c4cccc(C#N)c4)cc32)N=C1N. The zero-order valence-corrected chi connectivity index (χ0v) is 16.7. The molecule has 7 nitrogen and oxygen atoms in total. The van der Waals surface area contributed by atoms with Crippen LogP contribution in [0.5, 0.6) is 5.75 Å². The summed E-state index contributed by atoms with van der Waals surface area (Å²) in [6.45, 7) is 1.12. The summed E-state index contributed by atoms with van der Waals surface area (Å²) in [5, 5.41) is 9.24.